The van der Waals surface area contributed by atoms with Crippen molar-refractivity contribution >= 4 is 5.97 Å². The molecule has 3 rings (SSSR count). The molecule has 0 bridgehead atoms. The summed E-state index contributed by atoms with van der Waals surface area (Å²) in [5.41, 5.74) is 1.56. The number of aromatic nitrogens is 3. The van der Waals surface area contributed by atoms with Crippen LogP contribution in [0.1, 0.15) is 60.4 Å². The van der Waals surface area contributed by atoms with Gasteiger partial charge in [0.15, 0.2) is 0 Å². The SMILES string of the molecule is CC(C)n1cnnc1CN1CCC[C@@H](c2ccc(C(=O)O)cc2)C1. The molecule has 1 saturated heterocycles. The van der Waals surface area contributed by atoms with Gasteiger partial charge in [-0.2, -0.15) is 0 Å². The molecule has 0 radical (unpaired) electrons. The second-order valence-electron chi connectivity index (χ2n) is 6.75. The van der Waals surface area contributed by atoms with E-state index in [4.69, 9.17) is 5.11 Å². The van der Waals surface area contributed by atoms with Gasteiger partial charge >= 0.3 is 5.97 Å². The van der Waals surface area contributed by atoms with Crippen molar-refractivity contribution in [3.8, 4) is 0 Å². The Morgan fingerprint density at radius 1 is 1.33 bits per heavy atom. The van der Waals surface area contributed by atoms with Crippen molar-refractivity contribution in [3.63, 3.8) is 0 Å². The quantitative estimate of drug-likeness (QED) is 0.914. The van der Waals surface area contributed by atoms with Gasteiger partial charge in [0, 0.05) is 12.6 Å². The maximum atomic E-state index is 11.0. The van der Waals surface area contributed by atoms with Crippen molar-refractivity contribution in [2.45, 2.75) is 45.2 Å². The lowest BCUT2D eigenvalue weighted by Gasteiger charge is -2.32. The standard InChI is InChI=1S/C18H24N4O2/c1-13(2)22-12-19-20-17(22)11-21-9-3-4-16(10-21)14-5-7-15(8-6-14)18(23)24/h5-8,12-13,16H,3-4,9-11H2,1-2H3,(H,23,24)/t16-/m1/s1. The molecule has 2 heterocycles. The summed E-state index contributed by atoms with van der Waals surface area (Å²) in [6.45, 7) is 7.11. The summed E-state index contributed by atoms with van der Waals surface area (Å²) in [5, 5.41) is 17.3. The zero-order chi connectivity index (χ0) is 17.1. The molecule has 1 aromatic heterocycles. The minimum Gasteiger partial charge on any atom is -0.478 e. The molecule has 0 unspecified atom stereocenters. The largest absolute Gasteiger partial charge is 0.478 e. The van der Waals surface area contributed by atoms with Gasteiger partial charge in [0.05, 0.1) is 12.1 Å². The lowest BCUT2D eigenvalue weighted by atomic mass is 9.90. The van der Waals surface area contributed by atoms with Crippen LogP contribution in [0.5, 0.6) is 0 Å². The lowest BCUT2D eigenvalue weighted by Crippen LogP contribution is -2.34. The Bertz CT molecular complexity index is 693. The highest BCUT2D eigenvalue weighted by atomic mass is 16.4. The fraction of sp³-hybridized carbons (Fsp3) is 0.500. The van der Waals surface area contributed by atoms with Crippen LogP contribution < -0.4 is 0 Å². The molecular formula is C18H24N4O2. The van der Waals surface area contributed by atoms with Gasteiger partial charge in [0.2, 0.25) is 0 Å². The minimum atomic E-state index is -0.875. The van der Waals surface area contributed by atoms with Crippen LogP contribution in [0.4, 0.5) is 0 Å². The van der Waals surface area contributed by atoms with Gasteiger partial charge < -0.3 is 9.67 Å². The summed E-state index contributed by atoms with van der Waals surface area (Å²) >= 11 is 0. The third-order valence-electron chi connectivity index (χ3n) is 4.70. The first-order valence-electron chi connectivity index (χ1n) is 8.48. The van der Waals surface area contributed by atoms with Crippen LogP contribution in [0.3, 0.4) is 0 Å². The predicted octanol–water partition coefficient (Wildman–Crippen LogP) is 2.94. The second kappa shape index (κ2) is 7.13. The van der Waals surface area contributed by atoms with Crippen molar-refractivity contribution in [2.75, 3.05) is 13.1 Å². The van der Waals surface area contributed by atoms with Gasteiger partial charge in [-0.3, -0.25) is 4.90 Å². The smallest absolute Gasteiger partial charge is 0.335 e. The van der Waals surface area contributed by atoms with Crippen LogP contribution in [0.2, 0.25) is 0 Å². The Morgan fingerprint density at radius 2 is 2.08 bits per heavy atom. The summed E-state index contributed by atoms with van der Waals surface area (Å²) in [6, 6.07) is 7.67. The van der Waals surface area contributed by atoms with Crippen LogP contribution in [0.25, 0.3) is 0 Å². The van der Waals surface area contributed by atoms with Gasteiger partial charge in [0.25, 0.3) is 0 Å². The number of carboxylic acids is 1. The van der Waals surface area contributed by atoms with Crippen LogP contribution >= 0.6 is 0 Å². The molecule has 128 valence electrons. The fourth-order valence-corrected chi connectivity index (χ4v) is 3.38. The van der Waals surface area contributed by atoms with E-state index in [1.165, 1.54) is 5.56 Å². The monoisotopic (exact) mass is 328 g/mol. The molecule has 1 aliphatic rings. The number of carbonyl (C=O) groups is 1. The highest BCUT2D eigenvalue weighted by molar-refractivity contribution is 5.87. The zero-order valence-corrected chi connectivity index (χ0v) is 14.2. The fourth-order valence-electron chi connectivity index (χ4n) is 3.38. The third-order valence-corrected chi connectivity index (χ3v) is 4.70. The van der Waals surface area contributed by atoms with E-state index < -0.39 is 5.97 Å². The Morgan fingerprint density at radius 3 is 2.75 bits per heavy atom. The number of benzene rings is 1. The summed E-state index contributed by atoms with van der Waals surface area (Å²) < 4.78 is 2.12. The molecule has 0 aliphatic carbocycles. The van der Waals surface area contributed by atoms with Crippen molar-refractivity contribution in [1.82, 2.24) is 19.7 Å². The number of hydrogen-bond donors (Lipinski definition) is 1. The van der Waals surface area contributed by atoms with E-state index in [-0.39, 0.29) is 0 Å². The summed E-state index contributed by atoms with van der Waals surface area (Å²) in [5.74, 6) is 0.573. The van der Waals surface area contributed by atoms with Gasteiger partial charge in [0.1, 0.15) is 12.2 Å². The molecule has 6 heteroatoms. The van der Waals surface area contributed by atoms with Gasteiger partial charge in [-0.1, -0.05) is 12.1 Å². The number of piperidine rings is 1. The Hall–Kier alpha value is -2.21. The minimum absolute atomic E-state index is 0.344. The number of aromatic carboxylic acids is 1. The Kier molecular flexibility index (Phi) is 4.94. The van der Waals surface area contributed by atoms with Gasteiger partial charge in [-0.15, -0.1) is 10.2 Å². The van der Waals surface area contributed by atoms with E-state index in [9.17, 15) is 4.79 Å². The topological polar surface area (TPSA) is 71.2 Å². The van der Waals surface area contributed by atoms with Crippen LogP contribution in [-0.4, -0.2) is 43.8 Å². The average molecular weight is 328 g/mol. The van der Waals surface area contributed by atoms with E-state index in [0.717, 1.165) is 38.3 Å². The van der Waals surface area contributed by atoms with Crippen LogP contribution in [-0.2, 0) is 6.54 Å². The predicted molar refractivity (Wildman–Crippen MR) is 91.1 cm³/mol. The Balaban J connectivity index is 1.68. The summed E-state index contributed by atoms with van der Waals surface area (Å²) in [7, 11) is 0. The van der Waals surface area contributed by atoms with E-state index in [0.29, 0.717) is 17.5 Å². The van der Waals surface area contributed by atoms with E-state index in [2.05, 4.69) is 33.5 Å². The number of likely N-dealkylation sites (tertiary alicyclic amines) is 1. The summed E-state index contributed by atoms with van der Waals surface area (Å²) in [6.07, 6.45) is 4.08. The zero-order valence-electron chi connectivity index (χ0n) is 14.2. The van der Waals surface area contributed by atoms with Crippen LogP contribution in [0, 0.1) is 0 Å². The first-order valence-corrected chi connectivity index (χ1v) is 8.48. The molecule has 2 aromatic rings. The van der Waals surface area contributed by atoms with Crippen LogP contribution in [0.15, 0.2) is 30.6 Å². The highest BCUT2D eigenvalue weighted by Gasteiger charge is 2.23. The van der Waals surface area contributed by atoms with Crippen molar-refractivity contribution in [2.24, 2.45) is 0 Å². The normalized spacial score (nSPS) is 18.9. The van der Waals surface area contributed by atoms with Gasteiger partial charge in [-0.25, -0.2) is 4.79 Å². The third kappa shape index (κ3) is 3.64. The average Bonchev–Trinajstić information content (AvgIpc) is 3.03. The molecule has 1 aromatic carbocycles. The molecule has 0 amide bonds. The first-order chi connectivity index (χ1) is 11.5. The molecule has 1 fully saturated rings. The molecule has 0 saturated carbocycles. The first kappa shape index (κ1) is 16.6. The molecule has 1 atom stereocenters. The summed E-state index contributed by atoms with van der Waals surface area (Å²) in [4.78, 5) is 13.4. The number of carboxylic acid groups (broad SMARTS) is 1. The molecule has 0 spiro atoms. The van der Waals surface area contributed by atoms with E-state index in [1.54, 1.807) is 18.5 Å². The molecule has 24 heavy (non-hydrogen) atoms. The van der Waals surface area contributed by atoms with Crippen molar-refractivity contribution in [3.05, 3.63) is 47.5 Å². The Labute approximate surface area is 142 Å². The maximum Gasteiger partial charge on any atom is 0.335 e. The van der Waals surface area contributed by atoms with Crippen molar-refractivity contribution in [1.29, 1.82) is 0 Å². The van der Waals surface area contributed by atoms with Gasteiger partial charge in [-0.05, 0) is 56.8 Å². The number of nitrogens with zero attached hydrogens (tertiary/aromatic N) is 4. The van der Waals surface area contributed by atoms with E-state index >= 15 is 0 Å². The number of hydrogen-bond acceptors (Lipinski definition) is 4. The maximum absolute atomic E-state index is 11.0. The molecular weight excluding hydrogens is 304 g/mol. The molecule has 1 N–H and O–H groups in total. The molecule has 6 nitrogen and oxygen atoms in total. The number of rotatable bonds is 5. The van der Waals surface area contributed by atoms with Crippen molar-refractivity contribution < 1.29 is 9.90 Å². The second-order valence-corrected chi connectivity index (χ2v) is 6.75. The highest BCUT2D eigenvalue weighted by Crippen LogP contribution is 2.28. The lowest BCUT2D eigenvalue weighted by molar-refractivity contribution is 0.0697. The molecule has 1 aliphatic heterocycles. The van der Waals surface area contributed by atoms with E-state index in [1.807, 2.05) is 12.1 Å².